The molecule has 0 aromatic carbocycles. The van der Waals surface area contributed by atoms with Crippen molar-refractivity contribution in [2.24, 2.45) is 0 Å². The minimum absolute atomic E-state index is 1.05. The Morgan fingerprint density at radius 1 is 1.15 bits per heavy atom. The third kappa shape index (κ3) is 3.15. The standard InChI is InChI=1S/C12H22Si/c1-4-5-6-7-9-12-10-8-11-13(12,2)3/h8,10-11H,4-7,9H2,1-3H3. The van der Waals surface area contributed by atoms with Gasteiger partial charge in [-0.05, 0) is 12.8 Å². The van der Waals surface area contributed by atoms with E-state index in [1.165, 1.54) is 32.1 Å². The van der Waals surface area contributed by atoms with Gasteiger partial charge in [-0.1, -0.05) is 62.3 Å². The van der Waals surface area contributed by atoms with Crippen molar-refractivity contribution >= 4 is 8.07 Å². The van der Waals surface area contributed by atoms with Crippen molar-refractivity contribution in [2.75, 3.05) is 0 Å². The van der Waals surface area contributed by atoms with Crippen molar-refractivity contribution in [1.29, 1.82) is 0 Å². The Morgan fingerprint density at radius 3 is 2.46 bits per heavy atom. The van der Waals surface area contributed by atoms with Crippen molar-refractivity contribution in [3.63, 3.8) is 0 Å². The van der Waals surface area contributed by atoms with E-state index in [0.29, 0.717) is 0 Å². The van der Waals surface area contributed by atoms with E-state index in [2.05, 4.69) is 37.9 Å². The fourth-order valence-electron chi connectivity index (χ4n) is 1.87. The van der Waals surface area contributed by atoms with Crippen LogP contribution in [0.15, 0.2) is 23.0 Å². The molecular weight excluding hydrogens is 172 g/mol. The van der Waals surface area contributed by atoms with E-state index < -0.39 is 8.07 Å². The highest BCUT2D eigenvalue weighted by molar-refractivity contribution is 6.89. The van der Waals surface area contributed by atoms with Crippen LogP contribution in [0.3, 0.4) is 0 Å². The molecule has 0 saturated heterocycles. The first-order valence-corrected chi connectivity index (χ1v) is 8.63. The van der Waals surface area contributed by atoms with Crippen LogP contribution in [0.4, 0.5) is 0 Å². The lowest BCUT2D eigenvalue weighted by molar-refractivity contribution is 0.670. The van der Waals surface area contributed by atoms with Crippen LogP contribution in [0.1, 0.15) is 39.0 Å². The van der Waals surface area contributed by atoms with E-state index in [9.17, 15) is 0 Å². The predicted molar refractivity (Wildman–Crippen MR) is 63.5 cm³/mol. The number of allylic oxidation sites excluding steroid dienone is 3. The zero-order valence-electron chi connectivity index (χ0n) is 9.27. The minimum atomic E-state index is -1.05. The van der Waals surface area contributed by atoms with Gasteiger partial charge < -0.3 is 0 Å². The van der Waals surface area contributed by atoms with Gasteiger partial charge in [-0.25, -0.2) is 0 Å². The zero-order valence-corrected chi connectivity index (χ0v) is 10.3. The van der Waals surface area contributed by atoms with Crippen LogP contribution in [0.25, 0.3) is 0 Å². The van der Waals surface area contributed by atoms with Gasteiger partial charge in [-0.2, -0.15) is 0 Å². The molecule has 0 amide bonds. The average Bonchev–Trinajstić information content (AvgIpc) is 2.40. The molecule has 0 N–H and O–H groups in total. The Balaban J connectivity index is 2.23. The summed E-state index contributed by atoms with van der Waals surface area (Å²) in [6, 6.07) is 0. The first-order chi connectivity index (χ1) is 6.17. The van der Waals surface area contributed by atoms with E-state index in [1.807, 2.05) is 0 Å². The molecule has 0 radical (unpaired) electrons. The highest BCUT2D eigenvalue weighted by Crippen LogP contribution is 2.26. The largest absolute Gasteiger partial charge is 0.0990 e. The molecule has 0 aromatic heterocycles. The van der Waals surface area contributed by atoms with Gasteiger partial charge in [0.25, 0.3) is 0 Å². The third-order valence-electron chi connectivity index (χ3n) is 2.94. The maximum absolute atomic E-state index is 2.45. The Morgan fingerprint density at radius 2 is 1.92 bits per heavy atom. The molecule has 0 aromatic rings. The highest BCUT2D eigenvalue weighted by Gasteiger charge is 2.24. The van der Waals surface area contributed by atoms with Crippen molar-refractivity contribution in [2.45, 2.75) is 52.1 Å². The third-order valence-corrected chi connectivity index (χ3v) is 6.04. The van der Waals surface area contributed by atoms with E-state index >= 15 is 0 Å². The normalized spacial score (nSPS) is 19.2. The van der Waals surface area contributed by atoms with Crippen molar-refractivity contribution < 1.29 is 0 Å². The number of unbranched alkanes of at least 4 members (excludes halogenated alkanes) is 3. The second-order valence-corrected chi connectivity index (χ2v) is 9.00. The Kier molecular flexibility index (Phi) is 3.98. The second-order valence-electron chi connectivity index (χ2n) is 4.58. The monoisotopic (exact) mass is 194 g/mol. The fourth-order valence-corrected chi connectivity index (χ4v) is 4.01. The fraction of sp³-hybridized carbons (Fsp3) is 0.667. The molecule has 0 unspecified atom stereocenters. The first kappa shape index (κ1) is 10.8. The summed E-state index contributed by atoms with van der Waals surface area (Å²) in [7, 11) is -1.05. The van der Waals surface area contributed by atoms with E-state index in [0.717, 1.165) is 0 Å². The average molecular weight is 194 g/mol. The van der Waals surface area contributed by atoms with E-state index in [1.54, 1.807) is 5.20 Å². The van der Waals surface area contributed by atoms with Gasteiger partial charge in [0.05, 0.1) is 8.07 Å². The van der Waals surface area contributed by atoms with Crippen LogP contribution < -0.4 is 0 Å². The van der Waals surface area contributed by atoms with Crippen LogP contribution in [0, 0.1) is 0 Å². The first-order valence-electron chi connectivity index (χ1n) is 5.55. The lowest BCUT2D eigenvalue weighted by Crippen LogP contribution is -2.23. The van der Waals surface area contributed by atoms with Crippen LogP contribution in [0.2, 0.25) is 13.1 Å². The SMILES string of the molecule is CCCCCCC1=CC=C[Si]1(C)C. The van der Waals surface area contributed by atoms with Gasteiger partial charge in [0.15, 0.2) is 0 Å². The van der Waals surface area contributed by atoms with Gasteiger partial charge in [0, 0.05) is 0 Å². The lowest BCUT2D eigenvalue weighted by atomic mass is 10.1. The van der Waals surface area contributed by atoms with E-state index in [-0.39, 0.29) is 0 Å². The summed E-state index contributed by atoms with van der Waals surface area (Å²) >= 11 is 0. The lowest BCUT2D eigenvalue weighted by Gasteiger charge is -2.18. The maximum Gasteiger partial charge on any atom is 0.0990 e. The second kappa shape index (κ2) is 4.80. The van der Waals surface area contributed by atoms with Gasteiger partial charge in [0.2, 0.25) is 0 Å². The summed E-state index contributed by atoms with van der Waals surface area (Å²) in [6.07, 6.45) is 11.5. The molecule has 0 atom stereocenters. The summed E-state index contributed by atoms with van der Waals surface area (Å²) in [5.41, 5.74) is 2.45. The molecule has 0 fully saturated rings. The van der Waals surface area contributed by atoms with Crippen LogP contribution in [-0.2, 0) is 0 Å². The van der Waals surface area contributed by atoms with Gasteiger partial charge >= 0.3 is 0 Å². The number of rotatable bonds is 5. The summed E-state index contributed by atoms with van der Waals surface area (Å²) in [4.78, 5) is 0. The molecular formula is C12H22Si. The highest BCUT2D eigenvalue weighted by atomic mass is 28.3. The molecule has 0 nitrogen and oxygen atoms in total. The summed E-state index contributed by atoms with van der Waals surface area (Å²) in [5, 5.41) is 1.75. The topological polar surface area (TPSA) is 0 Å². The van der Waals surface area contributed by atoms with Crippen LogP contribution in [0.5, 0.6) is 0 Å². The number of hydrogen-bond acceptors (Lipinski definition) is 0. The predicted octanol–water partition coefficient (Wildman–Crippen LogP) is 4.24. The Labute approximate surface area is 83.7 Å². The van der Waals surface area contributed by atoms with Gasteiger partial charge in [-0.15, -0.1) is 0 Å². The molecule has 1 heterocycles. The van der Waals surface area contributed by atoms with Crippen molar-refractivity contribution in [1.82, 2.24) is 0 Å². The molecule has 1 aliphatic rings. The quantitative estimate of drug-likeness (QED) is 0.453. The molecule has 1 rings (SSSR count). The number of hydrogen-bond donors (Lipinski definition) is 0. The molecule has 74 valence electrons. The molecule has 1 aliphatic heterocycles. The van der Waals surface area contributed by atoms with Gasteiger partial charge in [-0.3, -0.25) is 0 Å². The van der Waals surface area contributed by atoms with Crippen LogP contribution in [-0.4, -0.2) is 8.07 Å². The molecule has 13 heavy (non-hydrogen) atoms. The molecule has 0 bridgehead atoms. The summed E-state index contributed by atoms with van der Waals surface area (Å²) < 4.78 is 0. The Hall–Kier alpha value is -0.303. The van der Waals surface area contributed by atoms with Crippen molar-refractivity contribution in [3.8, 4) is 0 Å². The summed E-state index contributed by atoms with van der Waals surface area (Å²) in [6.45, 7) is 7.17. The van der Waals surface area contributed by atoms with Crippen LogP contribution >= 0.6 is 0 Å². The molecule has 0 spiro atoms. The smallest absolute Gasteiger partial charge is 0.0905 e. The summed E-state index contributed by atoms with van der Waals surface area (Å²) in [5.74, 6) is 0. The zero-order chi connectivity index (χ0) is 9.73. The minimum Gasteiger partial charge on any atom is -0.0905 e. The maximum atomic E-state index is 2.45. The van der Waals surface area contributed by atoms with E-state index in [4.69, 9.17) is 0 Å². The molecule has 0 saturated carbocycles. The Bertz CT molecular complexity index is 211. The van der Waals surface area contributed by atoms with Gasteiger partial charge in [0.1, 0.15) is 0 Å². The van der Waals surface area contributed by atoms with Crippen molar-refractivity contribution in [3.05, 3.63) is 23.0 Å². The molecule has 1 heteroatoms. The molecule has 0 aliphatic carbocycles.